The molecule has 1 fully saturated rings. The molecule has 2 aromatic carbocycles. The third-order valence-corrected chi connectivity index (χ3v) is 6.86. The summed E-state index contributed by atoms with van der Waals surface area (Å²) < 4.78 is 3.63. The van der Waals surface area contributed by atoms with E-state index in [2.05, 4.69) is 24.0 Å². The number of para-hydroxylation sites is 1. The lowest BCUT2D eigenvalue weighted by atomic mass is 10.0. The Labute approximate surface area is 193 Å². The Morgan fingerprint density at radius 3 is 2.58 bits per heavy atom. The number of likely N-dealkylation sites (tertiary alicyclic amines) is 1. The van der Waals surface area contributed by atoms with Crippen molar-refractivity contribution in [2.75, 3.05) is 13.1 Å². The second kappa shape index (κ2) is 8.94. The molecule has 5 rings (SSSR count). The van der Waals surface area contributed by atoms with E-state index in [4.69, 9.17) is 4.98 Å². The lowest BCUT2D eigenvalue weighted by molar-refractivity contribution is 0.170. The fraction of sp³-hybridized carbons (Fsp3) is 0.370. The Bertz CT molecular complexity index is 1420. The van der Waals surface area contributed by atoms with Gasteiger partial charge in [-0.1, -0.05) is 49.4 Å². The Morgan fingerprint density at radius 1 is 1.03 bits per heavy atom. The van der Waals surface area contributed by atoms with Crippen molar-refractivity contribution in [2.45, 2.75) is 39.3 Å². The van der Waals surface area contributed by atoms with Crippen LogP contribution < -0.4 is 11.0 Å². The van der Waals surface area contributed by atoms with Gasteiger partial charge in [-0.05, 0) is 49.4 Å². The average Bonchev–Trinajstić information content (AvgIpc) is 2.83. The van der Waals surface area contributed by atoms with Gasteiger partial charge in [0.2, 0.25) is 5.43 Å². The molecular formula is C27H30N4O2. The van der Waals surface area contributed by atoms with Gasteiger partial charge in [-0.15, -0.1) is 0 Å². The molecule has 2 aromatic heterocycles. The summed E-state index contributed by atoms with van der Waals surface area (Å²) in [7, 11) is 1.89. The molecule has 0 bridgehead atoms. The summed E-state index contributed by atoms with van der Waals surface area (Å²) in [6.07, 6.45) is 3.11. The smallest absolute Gasteiger partial charge is 0.267 e. The lowest BCUT2D eigenvalue weighted by Gasteiger charge is -2.31. The van der Waals surface area contributed by atoms with E-state index in [0.717, 1.165) is 36.4 Å². The molecule has 0 saturated carbocycles. The van der Waals surface area contributed by atoms with Crippen molar-refractivity contribution < 1.29 is 0 Å². The monoisotopic (exact) mass is 442 g/mol. The molecule has 0 unspecified atom stereocenters. The predicted molar refractivity (Wildman–Crippen MR) is 133 cm³/mol. The van der Waals surface area contributed by atoms with Gasteiger partial charge in [0.15, 0.2) is 5.65 Å². The molecule has 1 atom stereocenters. The highest BCUT2D eigenvalue weighted by Crippen LogP contribution is 2.19. The van der Waals surface area contributed by atoms with E-state index >= 15 is 0 Å². The topological polar surface area (TPSA) is 60.1 Å². The summed E-state index contributed by atoms with van der Waals surface area (Å²) in [5.74, 6) is 1.37. The molecular weight excluding hydrogens is 412 g/mol. The highest BCUT2D eigenvalue weighted by atomic mass is 16.1. The molecule has 1 aliphatic rings. The number of rotatable bonds is 5. The largest absolute Gasteiger partial charge is 0.328 e. The van der Waals surface area contributed by atoms with Crippen LogP contribution in [0.2, 0.25) is 0 Å². The Balaban J connectivity index is 1.67. The summed E-state index contributed by atoms with van der Waals surface area (Å²) in [6, 6.07) is 17.6. The van der Waals surface area contributed by atoms with Gasteiger partial charge >= 0.3 is 0 Å². The molecule has 0 amide bonds. The number of piperidine rings is 1. The minimum absolute atomic E-state index is 0.181. The fourth-order valence-corrected chi connectivity index (χ4v) is 5.10. The first-order valence-electron chi connectivity index (χ1n) is 11.8. The van der Waals surface area contributed by atoms with Crippen molar-refractivity contribution in [3.05, 3.63) is 86.6 Å². The number of aromatic nitrogens is 3. The third kappa shape index (κ3) is 4.11. The third-order valence-electron chi connectivity index (χ3n) is 6.86. The van der Waals surface area contributed by atoms with Crippen molar-refractivity contribution in [3.63, 3.8) is 0 Å². The number of fused-ring (bicyclic) bond motifs is 2. The maximum atomic E-state index is 13.8. The summed E-state index contributed by atoms with van der Waals surface area (Å²) in [5, 5.41) is 0.735. The highest BCUT2D eigenvalue weighted by molar-refractivity contribution is 5.91. The maximum Gasteiger partial charge on any atom is 0.267 e. The first-order chi connectivity index (χ1) is 16.0. The quantitative estimate of drug-likeness (QED) is 0.442. The highest BCUT2D eigenvalue weighted by Gasteiger charge is 2.22. The van der Waals surface area contributed by atoms with Gasteiger partial charge in [0, 0.05) is 25.5 Å². The van der Waals surface area contributed by atoms with Gasteiger partial charge in [0.25, 0.3) is 5.56 Å². The Hall–Kier alpha value is -3.25. The molecule has 0 radical (unpaired) electrons. The number of pyridine rings is 1. The minimum atomic E-state index is -0.234. The van der Waals surface area contributed by atoms with Crippen molar-refractivity contribution in [1.82, 2.24) is 19.0 Å². The van der Waals surface area contributed by atoms with Crippen LogP contribution in [0.1, 0.15) is 31.2 Å². The van der Waals surface area contributed by atoms with E-state index < -0.39 is 0 Å². The predicted octanol–water partition coefficient (Wildman–Crippen LogP) is 3.72. The van der Waals surface area contributed by atoms with Crippen LogP contribution in [-0.4, -0.2) is 32.1 Å². The maximum absolute atomic E-state index is 13.8. The summed E-state index contributed by atoms with van der Waals surface area (Å²) in [4.78, 5) is 34.5. The molecule has 1 aliphatic heterocycles. The van der Waals surface area contributed by atoms with Crippen LogP contribution in [-0.2, 0) is 26.6 Å². The molecule has 1 saturated heterocycles. The Kier molecular flexibility index (Phi) is 5.85. The molecule has 0 aliphatic carbocycles. The number of hydrogen-bond donors (Lipinski definition) is 0. The van der Waals surface area contributed by atoms with E-state index in [1.165, 1.54) is 6.42 Å². The van der Waals surface area contributed by atoms with Crippen molar-refractivity contribution >= 4 is 21.9 Å². The molecule has 33 heavy (non-hydrogen) atoms. The second-order valence-corrected chi connectivity index (χ2v) is 9.31. The van der Waals surface area contributed by atoms with Crippen LogP contribution >= 0.6 is 0 Å². The summed E-state index contributed by atoms with van der Waals surface area (Å²) in [5.41, 5.74) is 1.96. The molecule has 6 nitrogen and oxygen atoms in total. The summed E-state index contributed by atoms with van der Waals surface area (Å²) in [6.45, 7) is 5.40. The summed E-state index contributed by atoms with van der Waals surface area (Å²) >= 11 is 0. The number of benzene rings is 2. The van der Waals surface area contributed by atoms with Crippen molar-refractivity contribution in [2.24, 2.45) is 13.0 Å². The van der Waals surface area contributed by atoms with E-state index in [1.807, 2.05) is 48.0 Å². The average molecular weight is 443 g/mol. The molecule has 0 spiro atoms. The second-order valence-electron chi connectivity index (χ2n) is 9.31. The van der Waals surface area contributed by atoms with Crippen LogP contribution in [0, 0.1) is 5.92 Å². The van der Waals surface area contributed by atoms with Gasteiger partial charge in [-0.25, -0.2) is 4.98 Å². The molecule has 4 aromatic rings. The lowest BCUT2D eigenvalue weighted by Crippen LogP contribution is -2.38. The normalized spacial score (nSPS) is 17.1. The number of aryl methyl sites for hydroxylation is 2. The van der Waals surface area contributed by atoms with E-state index in [9.17, 15) is 9.59 Å². The fourth-order valence-electron chi connectivity index (χ4n) is 5.10. The van der Waals surface area contributed by atoms with Crippen LogP contribution in [0.3, 0.4) is 0 Å². The Morgan fingerprint density at radius 2 is 1.79 bits per heavy atom. The zero-order valence-electron chi connectivity index (χ0n) is 19.3. The molecule has 3 heterocycles. The molecule has 0 N–H and O–H groups in total. The minimum Gasteiger partial charge on any atom is -0.328 e. The zero-order chi connectivity index (χ0) is 22.9. The van der Waals surface area contributed by atoms with Crippen LogP contribution in [0.25, 0.3) is 21.9 Å². The van der Waals surface area contributed by atoms with Gasteiger partial charge in [0.1, 0.15) is 11.2 Å². The standard InChI is InChI=1S/C27H30N4O2/c1-19-9-8-15-30(17-19)18-23-28-26-24(25(32)21-12-6-7-13-22(21)29(26)2)27(33)31(23)16-14-20-10-4-3-5-11-20/h3-7,10-13,19H,8-9,14-18H2,1-2H3/t19-/m1/s1. The van der Waals surface area contributed by atoms with Crippen molar-refractivity contribution in [3.8, 4) is 0 Å². The van der Waals surface area contributed by atoms with Crippen LogP contribution in [0.4, 0.5) is 0 Å². The first-order valence-corrected chi connectivity index (χ1v) is 11.8. The number of hydrogen-bond acceptors (Lipinski definition) is 4. The van der Waals surface area contributed by atoms with E-state index in [0.29, 0.717) is 36.5 Å². The van der Waals surface area contributed by atoms with Gasteiger partial charge in [-0.3, -0.25) is 19.1 Å². The van der Waals surface area contributed by atoms with Gasteiger partial charge in [0.05, 0.1) is 12.1 Å². The SMILES string of the molecule is C[C@@H]1CCCN(Cc2nc3c(c(=O)c4ccccc4n3C)c(=O)n2CCc2ccccc2)C1. The first kappa shape index (κ1) is 21.6. The van der Waals surface area contributed by atoms with Gasteiger partial charge < -0.3 is 4.57 Å². The van der Waals surface area contributed by atoms with Crippen LogP contribution in [0.15, 0.2) is 64.2 Å². The van der Waals surface area contributed by atoms with Gasteiger partial charge in [-0.2, -0.15) is 0 Å². The van der Waals surface area contributed by atoms with Crippen molar-refractivity contribution in [1.29, 1.82) is 0 Å². The zero-order valence-corrected chi connectivity index (χ0v) is 19.3. The van der Waals surface area contributed by atoms with Crippen LogP contribution in [0.5, 0.6) is 0 Å². The van der Waals surface area contributed by atoms with E-state index in [-0.39, 0.29) is 16.4 Å². The number of nitrogens with zero attached hydrogens (tertiary/aromatic N) is 4. The molecule has 170 valence electrons. The van der Waals surface area contributed by atoms with E-state index in [1.54, 1.807) is 10.6 Å². The molecule has 6 heteroatoms.